The van der Waals surface area contributed by atoms with Gasteiger partial charge in [-0.05, 0) is 42.3 Å². The molecule has 4 rings (SSSR count). The first-order valence-electron chi connectivity index (χ1n) is 10.8. The van der Waals surface area contributed by atoms with Crippen molar-refractivity contribution in [2.75, 3.05) is 13.7 Å². The SMILES string of the molecule is COC(=O)C1CC=C(C2=CCCO2)C=C1NC(=O)c1cc(-c2cccnc2)ccc1OC(C)=O. The first kappa shape index (κ1) is 23.0. The van der Waals surface area contributed by atoms with Gasteiger partial charge in [-0.25, -0.2) is 0 Å². The predicted molar refractivity (Wildman–Crippen MR) is 123 cm³/mol. The molecule has 1 aliphatic carbocycles. The molecule has 174 valence electrons. The molecule has 0 saturated heterocycles. The number of esters is 2. The standard InChI is InChI=1S/C26H24N2O6/c1-16(29)34-24-10-8-17(19-5-3-11-27-15-19)13-21(24)25(30)28-22-14-18(23-6-4-12-33-23)7-9-20(22)26(31)32-2/h3,5-8,10-11,13-15,20H,4,9,12H2,1-2H3,(H,28,30). The summed E-state index contributed by atoms with van der Waals surface area (Å²) in [7, 11) is 1.31. The fourth-order valence-electron chi connectivity index (χ4n) is 3.84. The van der Waals surface area contributed by atoms with Gasteiger partial charge < -0.3 is 19.5 Å². The van der Waals surface area contributed by atoms with Crippen molar-refractivity contribution in [1.82, 2.24) is 10.3 Å². The third kappa shape index (κ3) is 5.06. The van der Waals surface area contributed by atoms with Crippen molar-refractivity contribution in [3.8, 4) is 16.9 Å². The Morgan fingerprint density at radius 2 is 2.00 bits per heavy atom. The molecule has 1 aromatic carbocycles. The van der Waals surface area contributed by atoms with Crippen LogP contribution in [-0.2, 0) is 19.1 Å². The van der Waals surface area contributed by atoms with Crippen molar-refractivity contribution in [1.29, 1.82) is 0 Å². The number of carbonyl (C=O) groups excluding carboxylic acids is 3. The Morgan fingerprint density at radius 1 is 1.15 bits per heavy atom. The Kier molecular flexibility index (Phi) is 6.87. The number of methoxy groups -OCH3 is 1. The molecule has 0 bridgehead atoms. The van der Waals surface area contributed by atoms with E-state index in [0.29, 0.717) is 24.5 Å². The fourth-order valence-corrected chi connectivity index (χ4v) is 3.84. The van der Waals surface area contributed by atoms with Crippen LogP contribution in [0.1, 0.15) is 30.1 Å². The van der Waals surface area contributed by atoms with Crippen molar-refractivity contribution < 1.29 is 28.6 Å². The summed E-state index contributed by atoms with van der Waals surface area (Å²) in [6.07, 6.45) is 10.1. The second-order valence-electron chi connectivity index (χ2n) is 7.78. The molecule has 0 spiro atoms. The zero-order chi connectivity index (χ0) is 24.1. The lowest BCUT2D eigenvalue weighted by atomic mass is 9.91. The van der Waals surface area contributed by atoms with E-state index in [-0.39, 0.29) is 11.3 Å². The van der Waals surface area contributed by atoms with Gasteiger partial charge >= 0.3 is 11.9 Å². The lowest BCUT2D eigenvalue weighted by Crippen LogP contribution is -2.33. The van der Waals surface area contributed by atoms with E-state index in [1.807, 2.05) is 18.2 Å². The number of amides is 1. The van der Waals surface area contributed by atoms with Gasteiger partial charge in [-0.15, -0.1) is 0 Å². The first-order valence-corrected chi connectivity index (χ1v) is 10.8. The highest BCUT2D eigenvalue weighted by Gasteiger charge is 2.30. The minimum absolute atomic E-state index is 0.112. The first-order chi connectivity index (χ1) is 16.5. The number of carbonyl (C=O) groups is 3. The van der Waals surface area contributed by atoms with Crippen LogP contribution in [0.4, 0.5) is 0 Å². The van der Waals surface area contributed by atoms with Gasteiger partial charge in [0.2, 0.25) is 0 Å². The molecule has 2 aromatic rings. The maximum absolute atomic E-state index is 13.4. The van der Waals surface area contributed by atoms with E-state index in [4.69, 9.17) is 14.2 Å². The highest BCUT2D eigenvalue weighted by atomic mass is 16.5. The predicted octanol–water partition coefficient (Wildman–Crippen LogP) is 3.71. The smallest absolute Gasteiger partial charge is 0.314 e. The van der Waals surface area contributed by atoms with Crippen LogP contribution >= 0.6 is 0 Å². The van der Waals surface area contributed by atoms with Crippen LogP contribution < -0.4 is 10.1 Å². The Hall–Kier alpha value is -4.20. The quantitative estimate of drug-likeness (QED) is 0.518. The summed E-state index contributed by atoms with van der Waals surface area (Å²) in [6, 6.07) is 8.58. The van der Waals surface area contributed by atoms with Crippen molar-refractivity contribution in [2.45, 2.75) is 19.8 Å². The second-order valence-corrected chi connectivity index (χ2v) is 7.78. The zero-order valence-corrected chi connectivity index (χ0v) is 18.9. The number of nitrogens with zero attached hydrogens (tertiary/aromatic N) is 1. The summed E-state index contributed by atoms with van der Waals surface area (Å²) in [5.74, 6) is -1.39. The van der Waals surface area contributed by atoms with E-state index in [9.17, 15) is 14.4 Å². The Labute approximate surface area is 196 Å². The van der Waals surface area contributed by atoms with Crippen molar-refractivity contribution >= 4 is 17.8 Å². The number of ether oxygens (including phenoxy) is 3. The average Bonchev–Trinajstić information content (AvgIpc) is 3.39. The summed E-state index contributed by atoms with van der Waals surface area (Å²) in [4.78, 5) is 41.6. The minimum Gasteiger partial charge on any atom is -0.493 e. The van der Waals surface area contributed by atoms with Gasteiger partial charge in [0.1, 0.15) is 17.4 Å². The molecule has 2 aliphatic rings. The number of benzene rings is 1. The molecule has 1 aliphatic heterocycles. The number of nitrogens with one attached hydrogen (secondary N) is 1. The molecule has 8 nitrogen and oxygen atoms in total. The van der Waals surface area contributed by atoms with Gasteiger partial charge in [0.05, 0.1) is 19.3 Å². The molecule has 34 heavy (non-hydrogen) atoms. The monoisotopic (exact) mass is 460 g/mol. The summed E-state index contributed by atoms with van der Waals surface area (Å²) < 4.78 is 15.9. The summed E-state index contributed by atoms with van der Waals surface area (Å²) in [5, 5.41) is 2.84. The van der Waals surface area contributed by atoms with Crippen LogP contribution in [0.25, 0.3) is 11.1 Å². The molecule has 1 N–H and O–H groups in total. The Bertz CT molecular complexity index is 1210. The lowest BCUT2D eigenvalue weighted by molar-refractivity contribution is -0.144. The van der Waals surface area contributed by atoms with Gasteiger partial charge in [-0.1, -0.05) is 18.2 Å². The summed E-state index contributed by atoms with van der Waals surface area (Å²) in [5.41, 5.74) is 2.84. The largest absolute Gasteiger partial charge is 0.493 e. The number of allylic oxidation sites excluding steroid dienone is 2. The van der Waals surface area contributed by atoms with Crippen molar-refractivity contribution in [3.05, 3.63) is 83.5 Å². The van der Waals surface area contributed by atoms with E-state index < -0.39 is 23.8 Å². The van der Waals surface area contributed by atoms with Crippen LogP contribution in [0.5, 0.6) is 5.75 Å². The zero-order valence-electron chi connectivity index (χ0n) is 18.9. The van der Waals surface area contributed by atoms with E-state index in [1.165, 1.54) is 14.0 Å². The molecule has 0 radical (unpaired) electrons. The van der Waals surface area contributed by atoms with Crippen LogP contribution in [0, 0.1) is 5.92 Å². The molecule has 2 heterocycles. The molecular formula is C26H24N2O6. The van der Waals surface area contributed by atoms with Gasteiger partial charge in [-0.3, -0.25) is 19.4 Å². The maximum atomic E-state index is 13.4. The minimum atomic E-state index is -0.682. The highest BCUT2D eigenvalue weighted by Crippen LogP contribution is 2.31. The topological polar surface area (TPSA) is 104 Å². The number of aromatic nitrogens is 1. The second kappa shape index (κ2) is 10.2. The Morgan fingerprint density at radius 3 is 2.68 bits per heavy atom. The third-order valence-corrected chi connectivity index (χ3v) is 5.47. The van der Waals surface area contributed by atoms with Crippen LogP contribution in [0.2, 0.25) is 0 Å². The van der Waals surface area contributed by atoms with E-state index in [1.54, 1.807) is 42.7 Å². The van der Waals surface area contributed by atoms with Gasteiger partial charge in [0.15, 0.2) is 0 Å². The number of rotatable bonds is 6. The van der Waals surface area contributed by atoms with Crippen molar-refractivity contribution in [3.63, 3.8) is 0 Å². The normalized spacial score (nSPS) is 17.0. The molecule has 0 fully saturated rings. The number of hydrogen-bond acceptors (Lipinski definition) is 7. The third-order valence-electron chi connectivity index (χ3n) is 5.47. The molecule has 8 heteroatoms. The molecule has 0 saturated carbocycles. The van der Waals surface area contributed by atoms with Gasteiger partial charge in [0, 0.05) is 42.6 Å². The van der Waals surface area contributed by atoms with Crippen LogP contribution in [0.3, 0.4) is 0 Å². The molecule has 1 atom stereocenters. The summed E-state index contributed by atoms with van der Waals surface area (Å²) in [6.45, 7) is 1.86. The Balaban J connectivity index is 1.69. The fraction of sp³-hybridized carbons (Fsp3) is 0.231. The highest BCUT2D eigenvalue weighted by molar-refractivity contribution is 6.00. The summed E-state index contributed by atoms with van der Waals surface area (Å²) >= 11 is 0. The number of pyridine rings is 1. The van der Waals surface area contributed by atoms with Crippen LogP contribution in [-0.4, -0.2) is 36.5 Å². The van der Waals surface area contributed by atoms with E-state index in [2.05, 4.69) is 10.3 Å². The maximum Gasteiger partial charge on any atom is 0.314 e. The lowest BCUT2D eigenvalue weighted by Gasteiger charge is -2.23. The van der Waals surface area contributed by atoms with Crippen molar-refractivity contribution in [2.24, 2.45) is 5.92 Å². The van der Waals surface area contributed by atoms with Gasteiger partial charge in [0.25, 0.3) is 5.91 Å². The molecule has 1 unspecified atom stereocenters. The number of hydrogen-bond donors (Lipinski definition) is 1. The van der Waals surface area contributed by atoms with E-state index >= 15 is 0 Å². The van der Waals surface area contributed by atoms with Gasteiger partial charge in [-0.2, -0.15) is 0 Å². The average molecular weight is 460 g/mol. The molecule has 1 aromatic heterocycles. The van der Waals surface area contributed by atoms with Crippen LogP contribution in [0.15, 0.2) is 78.0 Å². The van der Waals surface area contributed by atoms with E-state index in [0.717, 1.165) is 23.1 Å². The molecular weight excluding hydrogens is 436 g/mol. The molecule has 1 amide bonds.